The maximum Gasteiger partial charge on any atom is 0.337 e. The third-order valence-corrected chi connectivity index (χ3v) is 2.31. The van der Waals surface area contributed by atoms with Crippen molar-refractivity contribution in [1.82, 2.24) is 4.98 Å². The van der Waals surface area contributed by atoms with E-state index in [1.807, 2.05) is 0 Å². The number of carboxylic acids is 1. The maximum atomic E-state index is 10.7. The van der Waals surface area contributed by atoms with Gasteiger partial charge < -0.3 is 9.84 Å². The number of ether oxygens (including phenoxy) is 1. The maximum absolute atomic E-state index is 10.7. The van der Waals surface area contributed by atoms with Crippen molar-refractivity contribution in [2.45, 2.75) is 18.9 Å². The molecule has 1 fully saturated rings. The van der Waals surface area contributed by atoms with Gasteiger partial charge in [0.05, 0.1) is 11.7 Å². The van der Waals surface area contributed by atoms with Gasteiger partial charge in [0.15, 0.2) is 0 Å². The zero-order valence-electron chi connectivity index (χ0n) is 7.64. The highest BCUT2D eigenvalue weighted by Gasteiger charge is 2.18. The number of carboxylic acid groups (broad SMARTS) is 1. The summed E-state index contributed by atoms with van der Waals surface area (Å²) in [4.78, 5) is 14.6. The summed E-state index contributed by atoms with van der Waals surface area (Å²) in [5, 5.41) is 8.77. The third-order valence-electron chi connectivity index (χ3n) is 2.31. The van der Waals surface area contributed by atoms with Crippen LogP contribution in [0.3, 0.4) is 0 Å². The Labute approximate surface area is 81.5 Å². The number of aromatic carboxylic acids is 1. The van der Waals surface area contributed by atoms with Gasteiger partial charge in [0, 0.05) is 19.0 Å². The van der Waals surface area contributed by atoms with Crippen molar-refractivity contribution in [1.29, 1.82) is 0 Å². The number of rotatable bonds is 2. The van der Waals surface area contributed by atoms with Crippen molar-refractivity contribution in [3.8, 4) is 0 Å². The SMILES string of the molecule is O=C(O)c1cncc(C2CCCO2)c1. The van der Waals surface area contributed by atoms with Crippen LogP contribution in [0.25, 0.3) is 0 Å². The summed E-state index contributed by atoms with van der Waals surface area (Å²) < 4.78 is 5.44. The van der Waals surface area contributed by atoms with Gasteiger partial charge >= 0.3 is 5.97 Å². The topological polar surface area (TPSA) is 59.4 Å². The van der Waals surface area contributed by atoms with E-state index in [-0.39, 0.29) is 11.7 Å². The van der Waals surface area contributed by atoms with E-state index in [4.69, 9.17) is 9.84 Å². The Morgan fingerprint density at radius 1 is 1.57 bits per heavy atom. The molecule has 2 heterocycles. The Morgan fingerprint density at radius 3 is 3.07 bits per heavy atom. The number of carbonyl (C=O) groups is 1. The van der Waals surface area contributed by atoms with Crippen molar-refractivity contribution < 1.29 is 14.6 Å². The van der Waals surface area contributed by atoms with E-state index in [1.54, 1.807) is 12.3 Å². The fourth-order valence-corrected chi connectivity index (χ4v) is 1.59. The molecule has 2 rings (SSSR count). The molecule has 0 radical (unpaired) electrons. The van der Waals surface area contributed by atoms with Gasteiger partial charge in [-0.2, -0.15) is 0 Å². The van der Waals surface area contributed by atoms with Gasteiger partial charge in [0.1, 0.15) is 0 Å². The van der Waals surface area contributed by atoms with Crippen LogP contribution in [-0.4, -0.2) is 22.7 Å². The van der Waals surface area contributed by atoms with Crippen LogP contribution >= 0.6 is 0 Å². The minimum Gasteiger partial charge on any atom is -0.478 e. The summed E-state index contributed by atoms with van der Waals surface area (Å²) in [6.45, 7) is 0.752. The second-order valence-corrected chi connectivity index (χ2v) is 3.31. The Morgan fingerprint density at radius 2 is 2.43 bits per heavy atom. The second-order valence-electron chi connectivity index (χ2n) is 3.31. The molecule has 1 aromatic heterocycles. The first-order valence-electron chi connectivity index (χ1n) is 4.57. The minimum atomic E-state index is -0.947. The van der Waals surface area contributed by atoms with Crippen LogP contribution in [0.2, 0.25) is 0 Å². The standard InChI is InChI=1S/C10H11NO3/c12-10(13)8-4-7(5-11-6-8)9-2-1-3-14-9/h4-6,9H,1-3H2,(H,12,13). The lowest BCUT2D eigenvalue weighted by Crippen LogP contribution is -2.02. The van der Waals surface area contributed by atoms with Gasteiger partial charge in [-0.1, -0.05) is 0 Å². The summed E-state index contributed by atoms with van der Waals surface area (Å²) in [6, 6.07) is 1.63. The fraction of sp³-hybridized carbons (Fsp3) is 0.400. The molecule has 74 valence electrons. The van der Waals surface area contributed by atoms with Gasteiger partial charge in [0.25, 0.3) is 0 Å². The first-order chi connectivity index (χ1) is 6.77. The molecule has 14 heavy (non-hydrogen) atoms. The summed E-state index contributed by atoms with van der Waals surface area (Å²) in [5.74, 6) is -0.947. The molecule has 1 saturated heterocycles. The predicted molar refractivity (Wildman–Crippen MR) is 49.1 cm³/mol. The lowest BCUT2D eigenvalue weighted by molar-refractivity contribution is 0.0695. The van der Waals surface area contributed by atoms with E-state index in [2.05, 4.69) is 4.98 Å². The lowest BCUT2D eigenvalue weighted by atomic mass is 10.1. The quantitative estimate of drug-likeness (QED) is 0.775. The first-order valence-corrected chi connectivity index (χ1v) is 4.57. The van der Waals surface area contributed by atoms with Crippen LogP contribution in [-0.2, 0) is 4.74 Å². The molecule has 1 unspecified atom stereocenters. The minimum absolute atomic E-state index is 0.0294. The second kappa shape index (κ2) is 3.75. The molecule has 1 aliphatic heterocycles. The number of nitrogens with zero attached hydrogens (tertiary/aromatic N) is 1. The van der Waals surface area contributed by atoms with Crippen LogP contribution in [0.5, 0.6) is 0 Å². The van der Waals surface area contributed by atoms with Gasteiger partial charge in [-0.25, -0.2) is 4.79 Å². The van der Waals surface area contributed by atoms with Crippen molar-refractivity contribution in [3.63, 3.8) is 0 Å². The molecule has 0 bridgehead atoms. The average Bonchev–Trinajstić information content (AvgIpc) is 2.71. The molecule has 0 saturated carbocycles. The highest BCUT2D eigenvalue weighted by atomic mass is 16.5. The third kappa shape index (κ3) is 1.75. The molecule has 4 heteroatoms. The molecule has 1 atom stereocenters. The van der Waals surface area contributed by atoms with E-state index in [9.17, 15) is 4.79 Å². The van der Waals surface area contributed by atoms with Crippen LogP contribution in [0.1, 0.15) is 34.9 Å². The number of pyridine rings is 1. The lowest BCUT2D eigenvalue weighted by Gasteiger charge is -2.08. The van der Waals surface area contributed by atoms with Crippen molar-refractivity contribution in [3.05, 3.63) is 29.6 Å². The first kappa shape index (κ1) is 9.15. The monoisotopic (exact) mass is 193 g/mol. The molecule has 1 aromatic rings. The predicted octanol–water partition coefficient (Wildman–Crippen LogP) is 1.63. The molecule has 0 aromatic carbocycles. The number of aromatic nitrogens is 1. The van der Waals surface area contributed by atoms with Crippen LogP contribution < -0.4 is 0 Å². The van der Waals surface area contributed by atoms with Crippen molar-refractivity contribution >= 4 is 5.97 Å². The molecular formula is C10H11NO3. The summed E-state index contributed by atoms with van der Waals surface area (Å²) >= 11 is 0. The Balaban J connectivity index is 2.25. The smallest absolute Gasteiger partial charge is 0.337 e. The van der Waals surface area contributed by atoms with Gasteiger partial charge in [-0.15, -0.1) is 0 Å². The van der Waals surface area contributed by atoms with Gasteiger partial charge in [-0.05, 0) is 24.5 Å². The van der Waals surface area contributed by atoms with Crippen molar-refractivity contribution in [2.24, 2.45) is 0 Å². The molecule has 0 amide bonds. The average molecular weight is 193 g/mol. The van der Waals surface area contributed by atoms with Crippen LogP contribution in [0, 0.1) is 0 Å². The highest BCUT2D eigenvalue weighted by molar-refractivity contribution is 5.87. The molecular weight excluding hydrogens is 182 g/mol. The summed E-state index contributed by atoms with van der Waals surface area (Å²) in [7, 11) is 0. The number of hydrogen-bond donors (Lipinski definition) is 1. The van der Waals surface area contributed by atoms with Gasteiger partial charge in [0.2, 0.25) is 0 Å². The number of hydrogen-bond acceptors (Lipinski definition) is 3. The molecule has 0 aliphatic carbocycles. The van der Waals surface area contributed by atoms with Crippen LogP contribution in [0.4, 0.5) is 0 Å². The molecule has 1 N–H and O–H groups in total. The Hall–Kier alpha value is -1.42. The summed E-state index contributed by atoms with van der Waals surface area (Å²) in [6.07, 6.45) is 5.03. The van der Waals surface area contributed by atoms with E-state index < -0.39 is 5.97 Å². The highest BCUT2D eigenvalue weighted by Crippen LogP contribution is 2.28. The fourth-order valence-electron chi connectivity index (χ4n) is 1.59. The zero-order chi connectivity index (χ0) is 9.97. The van der Waals surface area contributed by atoms with E-state index in [0.29, 0.717) is 0 Å². The van der Waals surface area contributed by atoms with Crippen molar-refractivity contribution in [2.75, 3.05) is 6.61 Å². The van der Waals surface area contributed by atoms with Crippen LogP contribution in [0.15, 0.2) is 18.5 Å². The van der Waals surface area contributed by atoms with E-state index >= 15 is 0 Å². The zero-order valence-corrected chi connectivity index (χ0v) is 7.64. The Kier molecular flexibility index (Phi) is 2.45. The van der Waals surface area contributed by atoms with E-state index in [0.717, 1.165) is 25.0 Å². The summed E-state index contributed by atoms with van der Waals surface area (Å²) in [5.41, 5.74) is 1.08. The molecule has 4 nitrogen and oxygen atoms in total. The molecule has 0 spiro atoms. The van der Waals surface area contributed by atoms with E-state index in [1.165, 1.54) is 6.20 Å². The largest absolute Gasteiger partial charge is 0.478 e. The molecule has 1 aliphatic rings. The Bertz CT molecular complexity index is 345. The van der Waals surface area contributed by atoms with Gasteiger partial charge in [-0.3, -0.25) is 4.98 Å². The normalized spacial score (nSPS) is 21.0.